The Bertz CT molecular complexity index is 540. The van der Waals surface area contributed by atoms with Crippen molar-refractivity contribution in [2.24, 2.45) is 0 Å². The van der Waals surface area contributed by atoms with Gasteiger partial charge in [-0.2, -0.15) is 0 Å². The quantitative estimate of drug-likeness (QED) is 0.867. The lowest BCUT2D eigenvalue weighted by atomic mass is 10.2. The van der Waals surface area contributed by atoms with Gasteiger partial charge in [-0.15, -0.1) is 0 Å². The summed E-state index contributed by atoms with van der Waals surface area (Å²) in [5.74, 6) is 0.623. The predicted octanol–water partition coefficient (Wildman–Crippen LogP) is 4.23. The molecular formula is C16H18FNO. The molecule has 100 valence electrons. The number of benzene rings is 2. The number of ether oxygens (including phenoxy) is 1. The molecule has 19 heavy (non-hydrogen) atoms. The van der Waals surface area contributed by atoms with Gasteiger partial charge in [-0.1, -0.05) is 24.3 Å². The molecule has 0 aliphatic carbocycles. The molecule has 0 bridgehead atoms. The van der Waals surface area contributed by atoms with E-state index in [4.69, 9.17) is 4.74 Å². The zero-order valence-corrected chi connectivity index (χ0v) is 11.2. The van der Waals surface area contributed by atoms with Crippen LogP contribution >= 0.6 is 0 Å². The van der Waals surface area contributed by atoms with Crippen LogP contribution in [0.25, 0.3) is 0 Å². The zero-order valence-electron chi connectivity index (χ0n) is 11.2. The maximum Gasteiger partial charge on any atom is 0.128 e. The van der Waals surface area contributed by atoms with Gasteiger partial charge in [0.1, 0.15) is 11.6 Å². The maximum atomic E-state index is 13.5. The number of rotatable bonds is 5. The van der Waals surface area contributed by atoms with Crippen molar-refractivity contribution in [1.29, 1.82) is 0 Å². The molecule has 2 aromatic rings. The van der Waals surface area contributed by atoms with E-state index in [1.807, 2.05) is 44.2 Å². The Balaban J connectivity index is 2.02. The van der Waals surface area contributed by atoms with Crippen molar-refractivity contribution in [3.8, 4) is 5.75 Å². The molecule has 0 aliphatic rings. The predicted molar refractivity (Wildman–Crippen MR) is 75.9 cm³/mol. The lowest BCUT2D eigenvalue weighted by Crippen LogP contribution is -2.06. The Morgan fingerprint density at radius 1 is 1.11 bits per heavy atom. The third-order valence-corrected chi connectivity index (χ3v) is 2.65. The summed E-state index contributed by atoms with van der Waals surface area (Å²) in [5.41, 5.74) is 1.57. The van der Waals surface area contributed by atoms with Crippen molar-refractivity contribution >= 4 is 5.69 Å². The minimum absolute atomic E-state index is 0.141. The molecule has 0 aliphatic heterocycles. The topological polar surface area (TPSA) is 21.3 Å². The van der Waals surface area contributed by atoms with E-state index in [1.165, 1.54) is 6.07 Å². The summed E-state index contributed by atoms with van der Waals surface area (Å²) in [4.78, 5) is 0. The molecule has 1 N–H and O–H groups in total. The van der Waals surface area contributed by atoms with Gasteiger partial charge in [-0.3, -0.25) is 0 Å². The molecule has 0 aromatic heterocycles. The standard InChI is InChI=1S/C16H18FNO/c1-12(2)19-15-8-5-7-14(10-15)18-11-13-6-3-4-9-16(13)17/h3-10,12,18H,11H2,1-2H3. The smallest absolute Gasteiger partial charge is 0.128 e. The first-order valence-corrected chi connectivity index (χ1v) is 6.39. The van der Waals surface area contributed by atoms with E-state index >= 15 is 0 Å². The first-order chi connectivity index (χ1) is 9.15. The van der Waals surface area contributed by atoms with Crippen molar-refractivity contribution in [2.75, 3.05) is 5.32 Å². The Morgan fingerprint density at radius 3 is 2.63 bits per heavy atom. The van der Waals surface area contributed by atoms with E-state index in [9.17, 15) is 4.39 Å². The highest BCUT2D eigenvalue weighted by Crippen LogP contribution is 2.19. The molecular weight excluding hydrogens is 241 g/mol. The number of nitrogens with one attached hydrogen (secondary N) is 1. The highest BCUT2D eigenvalue weighted by atomic mass is 19.1. The fourth-order valence-corrected chi connectivity index (χ4v) is 1.79. The van der Waals surface area contributed by atoms with Gasteiger partial charge >= 0.3 is 0 Å². The Kier molecular flexibility index (Phi) is 4.39. The number of hydrogen-bond acceptors (Lipinski definition) is 2. The number of halogens is 1. The van der Waals surface area contributed by atoms with Crippen LogP contribution < -0.4 is 10.1 Å². The van der Waals surface area contributed by atoms with Gasteiger partial charge in [0, 0.05) is 23.9 Å². The van der Waals surface area contributed by atoms with Crippen LogP contribution in [0.3, 0.4) is 0 Å². The van der Waals surface area contributed by atoms with Crippen LogP contribution in [0.4, 0.5) is 10.1 Å². The van der Waals surface area contributed by atoms with Gasteiger partial charge in [-0.25, -0.2) is 4.39 Å². The summed E-state index contributed by atoms with van der Waals surface area (Å²) in [7, 11) is 0. The Hall–Kier alpha value is -2.03. The average Bonchev–Trinajstić information content (AvgIpc) is 2.37. The average molecular weight is 259 g/mol. The van der Waals surface area contributed by atoms with Crippen molar-refractivity contribution in [1.82, 2.24) is 0 Å². The molecule has 0 heterocycles. The van der Waals surface area contributed by atoms with Crippen LogP contribution in [0, 0.1) is 5.82 Å². The van der Waals surface area contributed by atoms with E-state index in [2.05, 4.69) is 5.32 Å². The van der Waals surface area contributed by atoms with E-state index in [-0.39, 0.29) is 11.9 Å². The second-order valence-corrected chi connectivity index (χ2v) is 4.64. The molecule has 0 saturated heterocycles. The first-order valence-electron chi connectivity index (χ1n) is 6.39. The van der Waals surface area contributed by atoms with E-state index in [0.717, 1.165) is 11.4 Å². The van der Waals surface area contributed by atoms with Crippen molar-refractivity contribution in [3.63, 3.8) is 0 Å². The maximum absolute atomic E-state index is 13.5. The van der Waals surface area contributed by atoms with Gasteiger partial charge in [0.05, 0.1) is 6.10 Å². The van der Waals surface area contributed by atoms with Crippen molar-refractivity contribution in [2.45, 2.75) is 26.5 Å². The SMILES string of the molecule is CC(C)Oc1cccc(NCc2ccccc2F)c1. The minimum Gasteiger partial charge on any atom is -0.491 e. The van der Waals surface area contributed by atoms with Gasteiger partial charge in [0.15, 0.2) is 0 Å². The minimum atomic E-state index is -0.190. The fourth-order valence-electron chi connectivity index (χ4n) is 1.79. The van der Waals surface area contributed by atoms with E-state index in [0.29, 0.717) is 12.1 Å². The molecule has 2 aromatic carbocycles. The van der Waals surface area contributed by atoms with E-state index in [1.54, 1.807) is 12.1 Å². The van der Waals surface area contributed by atoms with Gasteiger partial charge in [0.25, 0.3) is 0 Å². The monoisotopic (exact) mass is 259 g/mol. The third-order valence-electron chi connectivity index (χ3n) is 2.65. The number of anilines is 1. The molecule has 0 unspecified atom stereocenters. The Labute approximate surface area is 113 Å². The summed E-state index contributed by atoms with van der Waals surface area (Å²) in [6.07, 6.45) is 0.141. The lowest BCUT2D eigenvalue weighted by Gasteiger charge is -2.12. The van der Waals surface area contributed by atoms with Crippen LogP contribution in [0.1, 0.15) is 19.4 Å². The van der Waals surface area contributed by atoms with Crippen LogP contribution in [-0.4, -0.2) is 6.10 Å². The van der Waals surface area contributed by atoms with Crippen LogP contribution in [0.5, 0.6) is 5.75 Å². The largest absolute Gasteiger partial charge is 0.491 e. The molecule has 0 atom stereocenters. The first kappa shape index (κ1) is 13.4. The second kappa shape index (κ2) is 6.23. The van der Waals surface area contributed by atoms with Crippen LogP contribution in [0.2, 0.25) is 0 Å². The highest BCUT2D eigenvalue weighted by molar-refractivity contribution is 5.48. The van der Waals surface area contributed by atoms with Crippen molar-refractivity contribution < 1.29 is 9.13 Å². The van der Waals surface area contributed by atoms with E-state index < -0.39 is 0 Å². The highest BCUT2D eigenvalue weighted by Gasteiger charge is 2.02. The summed E-state index contributed by atoms with van der Waals surface area (Å²) < 4.78 is 19.1. The summed E-state index contributed by atoms with van der Waals surface area (Å²) >= 11 is 0. The second-order valence-electron chi connectivity index (χ2n) is 4.64. The van der Waals surface area contributed by atoms with Crippen molar-refractivity contribution in [3.05, 3.63) is 59.9 Å². The molecule has 0 radical (unpaired) electrons. The molecule has 0 saturated carbocycles. The van der Waals surface area contributed by atoms with Gasteiger partial charge in [-0.05, 0) is 32.0 Å². The zero-order chi connectivity index (χ0) is 13.7. The molecule has 2 nitrogen and oxygen atoms in total. The summed E-state index contributed by atoms with van der Waals surface area (Å²) in [6.45, 7) is 4.43. The fraction of sp³-hybridized carbons (Fsp3) is 0.250. The van der Waals surface area contributed by atoms with Crippen LogP contribution in [-0.2, 0) is 6.54 Å². The summed E-state index contributed by atoms with van der Waals surface area (Å²) in [5, 5.41) is 3.20. The molecule has 0 fully saturated rings. The normalized spacial score (nSPS) is 10.5. The van der Waals surface area contributed by atoms with Gasteiger partial charge < -0.3 is 10.1 Å². The van der Waals surface area contributed by atoms with Crippen LogP contribution in [0.15, 0.2) is 48.5 Å². The number of hydrogen-bond donors (Lipinski definition) is 1. The molecule has 0 spiro atoms. The lowest BCUT2D eigenvalue weighted by molar-refractivity contribution is 0.242. The Morgan fingerprint density at radius 2 is 1.89 bits per heavy atom. The molecule has 3 heteroatoms. The molecule has 2 rings (SSSR count). The van der Waals surface area contributed by atoms with Gasteiger partial charge in [0.2, 0.25) is 0 Å². The third kappa shape index (κ3) is 3.98. The molecule has 0 amide bonds. The summed E-state index contributed by atoms with van der Waals surface area (Å²) in [6, 6.07) is 14.4.